The van der Waals surface area contributed by atoms with Gasteiger partial charge in [0.25, 0.3) is 0 Å². The lowest BCUT2D eigenvalue weighted by Gasteiger charge is -2.11. The van der Waals surface area contributed by atoms with Crippen molar-refractivity contribution in [3.05, 3.63) is 52.8 Å². The maximum absolute atomic E-state index is 13.3. The molecule has 0 heterocycles. The van der Waals surface area contributed by atoms with Crippen LogP contribution in [0.15, 0.2) is 36.4 Å². The molecule has 2 aromatic rings. The topological polar surface area (TPSA) is 86.6 Å². The van der Waals surface area contributed by atoms with Crippen molar-refractivity contribution in [2.45, 2.75) is 13.1 Å². The van der Waals surface area contributed by atoms with Crippen molar-refractivity contribution in [1.29, 1.82) is 0 Å². The highest BCUT2D eigenvalue weighted by atomic mass is 35.5. The van der Waals surface area contributed by atoms with Gasteiger partial charge in [-0.3, -0.25) is 5.32 Å². The van der Waals surface area contributed by atoms with Crippen LogP contribution in [0.4, 0.5) is 28.0 Å². The molecular formula is C16H12ClF4NO4. The van der Waals surface area contributed by atoms with Gasteiger partial charge in [-0.1, -0.05) is 23.7 Å². The molecule has 0 radical (unpaired) electrons. The summed E-state index contributed by atoms with van der Waals surface area (Å²) in [7, 11) is 0. The molecule has 0 aromatic heterocycles. The number of amides is 1. The molecule has 3 N–H and O–H groups in total. The van der Waals surface area contributed by atoms with Crippen molar-refractivity contribution >= 4 is 29.4 Å². The van der Waals surface area contributed by atoms with E-state index in [9.17, 15) is 22.4 Å². The predicted molar refractivity (Wildman–Crippen MR) is 86.9 cm³/mol. The number of benzene rings is 2. The van der Waals surface area contributed by atoms with Crippen LogP contribution in [-0.4, -0.2) is 28.5 Å². The number of alkyl halides is 3. The quantitative estimate of drug-likeness (QED) is 0.614. The van der Waals surface area contributed by atoms with Crippen LogP contribution >= 0.6 is 11.6 Å². The summed E-state index contributed by atoms with van der Waals surface area (Å²) in [4.78, 5) is 19.7. The summed E-state index contributed by atoms with van der Waals surface area (Å²) in [5.41, 5.74) is 2.23. The summed E-state index contributed by atoms with van der Waals surface area (Å²) in [5.74, 6) is -3.06. The number of carbonyl (C=O) groups is 2. The maximum atomic E-state index is 13.3. The number of halogens is 5. The molecule has 2 rings (SSSR count). The normalized spacial score (nSPS) is 10.5. The summed E-state index contributed by atoms with van der Waals surface area (Å²) in [6.07, 6.45) is -6.26. The van der Waals surface area contributed by atoms with E-state index in [1.165, 1.54) is 12.1 Å². The van der Waals surface area contributed by atoms with E-state index < -0.39 is 18.2 Å². The molecule has 0 fully saturated rings. The minimum absolute atomic E-state index is 0.301. The van der Waals surface area contributed by atoms with Crippen molar-refractivity contribution in [1.82, 2.24) is 0 Å². The van der Waals surface area contributed by atoms with E-state index in [2.05, 4.69) is 5.32 Å². The number of aliphatic carboxylic acids is 1. The van der Waals surface area contributed by atoms with E-state index in [1.807, 2.05) is 0 Å². The summed E-state index contributed by atoms with van der Waals surface area (Å²) < 4.78 is 45.0. The Hall–Kier alpha value is -2.81. The van der Waals surface area contributed by atoms with Crippen LogP contribution in [0, 0.1) is 12.7 Å². The SMILES string of the molecule is Cc1cc(-c2ccc(Cl)cc2NC(=O)O)ccc1F.O=C(O)C(F)(F)F. The van der Waals surface area contributed by atoms with Gasteiger partial charge >= 0.3 is 18.2 Å². The van der Waals surface area contributed by atoms with Crippen LogP contribution in [0.3, 0.4) is 0 Å². The lowest BCUT2D eigenvalue weighted by Crippen LogP contribution is -2.21. The third-order valence-corrected chi connectivity index (χ3v) is 3.17. The highest BCUT2D eigenvalue weighted by Crippen LogP contribution is 2.31. The van der Waals surface area contributed by atoms with Crippen LogP contribution in [-0.2, 0) is 4.79 Å². The molecule has 0 unspecified atom stereocenters. The van der Waals surface area contributed by atoms with Crippen molar-refractivity contribution in [3.8, 4) is 11.1 Å². The Bertz CT molecular complexity index is 824. The smallest absolute Gasteiger partial charge is 0.475 e. The molecule has 0 aliphatic heterocycles. The van der Waals surface area contributed by atoms with Crippen molar-refractivity contribution in [2.75, 3.05) is 5.32 Å². The Balaban J connectivity index is 0.000000412. The number of rotatable bonds is 2. The average molecular weight is 394 g/mol. The first-order valence-corrected chi connectivity index (χ1v) is 7.15. The molecular weight excluding hydrogens is 382 g/mol. The van der Waals surface area contributed by atoms with Crippen molar-refractivity contribution in [2.24, 2.45) is 0 Å². The van der Waals surface area contributed by atoms with Crippen LogP contribution in [0.5, 0.6) is 0 Å². The number of aryl methyl sites for hydroxylation is 1. The van der Waals surface area contributed by atoms with Crippen LogP contribution in [0.2, 0.25) is 5.02 Å². The highest BCUT2D eigenvalue weighted by Gasteiger charge is 2.38. The first-order valence-electron chi connectivity index (χ1n) is 6.78. The predicted octanol–water partition coefficient (Wildman–Crippen LogP) is 5.18. The van der Waals surface area contributed by atoms with Gasteiger partial charge in [-0.25, -0.2) is 14.0 Å². The van der Waals surface area contributed by atoms with E-state index in [0.29, 0.717) is 21.8 Å². The number of anilines is 1. The highest BCUT2D eigenvalue weighted by molar-refractivity contribution is 6.31. The lowest BCUT2D eigenvalue weighted by atomic mass is 10.0. The van der Waals surface area contributed by atoms with Gasteiger partial charge in [-0.05, 0) is 42.3 Å². The third-order valence-electron chi connectivity index (χ3n) is 2.93. The van der Waals surface area contributed by atoms with Gasteiger partial charge in [-0.15, -0.1) is 0 Å². The fraction of sp³-hybridized carbons (Fsp3) is 0.125. The zero-order valence-electron chi connectivity index (χ0n) is 13.1. The van der Waals surface area contributed by atoms with Gasteiger partial charge in [-0.2, -0.15) is 13.2 Å². The Morgan fingerprint density at radius 1 is 1.08 bits per heavy atom. The molecule has 2 aromatic carbocycles. The van der Waals surface area contributed by atoms with Crippen molar-refractivity contribution in [3.63, 3.8) is 0 Å². The van der Waals surface area contributed by atoms with Gasteiger partial charge < -0.3 is 10.2 Å². The largest absolute Gasteiger partial charge is 0.490 e. The zero-order chi connectivity index (χ0) is 20.1. The summed E-state index contributed by atoms with van der Waals surface area (Å²) in [6, 6.07) is 9.47. The zero-order valence-corrected chi connectivity index (χ0v) is 13.8. The van der Waals surface area contributed by atoms with Crippen LogP contribution < -0.4 is 5.32 Å². The lowest BCUT2D eigenvalue weighted by molar-refractivity contribution is -0.192. The van der Waals surface area contributed by atoms with Crippen LogP contribution in [0.1, 0.15) is 5.56 Å². The number of carboxylic acids is 1. The second kappa shape index (κ2) is 8.52. The standard InChI is InChI=1S/C14H11ClFNO2.C2HF3O2/c1-8-6-9(2-5-12(8)16)11-4-3-10(15)7-13(11)17-14(18)19;3-2(4,5)1(6)7/h2-7,17H,1H3,(H,18,19);(H,6,7). The Labute approximate surface area is 149 Å². The minimum atomic E-state index is -5.08. The molecule has 26 heavy (non-hydrogen) atoms. The van der Waals surface area contributed by atoms with Gasteiger partial charge in [0.15, 0.2) is 0 Å². The second-order valence-electron chi connectivity index (χ2n) is 4.89. The molecule has 5 nitrogen and oxygen atoms in total. The van der Waals surface area contributed by atoms with E-state index in [4.69, 9.17) is 26.6 Å². The average Bonchev–Trinajstić information content (AvgIpc) is 2.49. The second-order valence-corrected chi connectivity index (χ2v) is 5.32. The Morgan fingerprint density at radius 3 is 2.12 bits per heavy atom. The molecule has 0 spiro atoms. The summed E-state index contributed by atoms with van der Waals surface area (Å²) in [5, 5.41) is 18.6. The van der Waals surface area contributed by atoms with Gasteiger partial charge in [0.1, 0.15) is 5.82 Å². The van der Waals surface area contributed by atoms with E-state index in [-0.39, 0.29) is 5.82 Å². The van der Waals surface area contributed by atoms with Crippen molar-refractivity contribution < 1.29 is 37.4 Å². The molecule has 1 amide bonds. The summed E-state index contributed by atoms with van der Waals surface area (Å²) in [6.45, 7) is 1.65. The molecule has 0 atom stereocenters. The van der Waals surface area contributed by atoms with Gasteiger partial charge in [0.2, 0.25) is 0 Å². The Morgan fingerprint density at radius 2 is 1.65 bits per heavy atom. The number of nitrogens with one attached hydrogen (secondary N) is 1. The van der Waals surface area contributed by atoms with E-state index in [0.717, 1.165) is 5.56 Å². The minimum Gasteiger partial charge on any atom is -0.475 e. The maximum Gasteiger partial charge on any atom is 0.490 e. The fourth-order valence-electron chi connectivity index (χ4n) is 1.80. The molecule has 0 aliphatic rings. The van der Waals surface area contributed by atoms with E-state index >= 15 is 0 Å². The molecule has 0 bridgehead atoms. The number of hydrogen-bond acceptors (Lipinski definition) is 2. The third kappa shape index (κ3) is 6.25. The van der Waals surface area contributed by atoms with Gasteiger partial charge in [0, 0.05) is 10.6 Å². The molecule has 0 saturated carbocycles. The number of hydrogen-bond donors (Lipinski definition) is 3. The molecule has 10 heteroatoms. The van der Waals surface area contributed by atoms with E-state index in [1.54, 1.807) is 31.2 Å². The molecule has 0 saturated heterocycles. The first kappa shape index (κ1) is 21.2. The Kier molecular flexibility index (Phi) is 6.96. The monoisotopic (exact) mass is 393 g/mol. The summed E-state index contributed by atoms with van der Waals surface area (Å²) >= 11 is 5.85. The fourth-order valence-corrected chi connectivity index (χ4v) is 1.97. The molecule has 0 aliphatic carbocycles. The van der Waals surface area contributed by atoms with Gasteiger partial charge in [0.05, 0.1) is 5.69 Å². The molecule has 140 valence electrons. The number of carboxylic acid groups (broad SMARTS) is 2. The first-order chi connectivity index (χ1) is 11.9. The van der Waals surface area contributed by atoms with Crippen LogP contribution in [0.25, 0.3) is 11.1 Å².